The molecule has 96 valence electrons. The largest absolute Gasteiger partial charge is 0.341 e. The van der Waals surface area contributed by atoms with E-state index in [1.807, 2.05) is 6.20 Å². The molecule has 0 radical (unpaired) electrons. The summed E-state index contributed by atoms with van der Waals surface area (Å²) < 4.78 is 0. The predicted molar refractivity (Wildman–Crippen MR) is 71.1 cm³/mol. The van der Waals surface area contributed by atoms with Crippen molar-refractivity contribution in [3.8, 4) is 11.4 Å². The van der Waals surface area contributed by atoms with Crippen molar-refractivity contribution in [3.05, 3.63) is 30.6 Å². The first-order chi connectivity index (χ1) is 8.75. The molecule has 0 bridgehead atoms. The molecule has 0 aliphatic carbocycles. The topological polar surface area (TPSA) is 66.5 Å². The second kappa shape index (κ2) is 6.26. The van der Waals surface area contributed by atoms with Crippen LogP contribution in [0.5, 0.6) is 0 Å². The lowest BCUT2D eigenvalue weighted by Crippen LogP contribution is -2.24. The molecule has 2 aromatic rings. The average Bonchev–Trinajstić information content (AvgIpc) is 2.84. The van der Waals surface area contributed by atoms with Gasteiger partial charge in [-0.3, -0.25) is 9.97 Å². The minimum atomic E-state index is 0.539. The minimum absolute atomic E-state index is 0.539. The number of nitrogens with one attached hydrogen (secondary N) is 2. The molecule has 2 rings (SSSR count). The Morgan fingerprint density at radius 1 is 1.22 bits per heavy atom. The maximum absolute atomic E-state index is 4.36. The zero-order valence-electron chi connectivity index (χ0n) is 10.8. The highest BCUT2D eigenvalue weighted by Crippen LogP contribution is 2.12. The van der Waals surface area contributed by atoms with Crippen molar-refractivity contribution in [2.24, 2.45) is 0 Å². The van der Waals surface area contributed by atoms with Crippen LogP contribution in [-0.4, -0.2) is 32.5 Å². The van der Waals surface area contributed by atoms with Gasteiger partial charge in [0, 0.05) is 24.9 Å². The Morgan fingerprint density at radius 2 is 2.11 bits per heavy atom. The van der Waals surface area contributed by atoms with Crippen LogP contribution in [0.3, 0.4) is 0 Å². The molecule has 2 heterocycles. The van der Waals surface area contributed by atoms with Gasteiger partial charge in [0.2, 0.25) is 0 Å². The normalized spacial score (nSPS) is 11.1. The van der Waals surface area contributed by atoms with Crippen molar-refractivity contribution < 1.29 is 0 Å². The van der Waals surface area contributed by atoms with Gasteiger partial charge in [0.25, 0.3) is 0 Å². The molecule has 0 saturated carbocycles. The number of hydrogen-bond acceptors (Lipinski definition) is 4. The highest BCUT2D eigenvalue weighted by molar-refractivity contribution is 5.51. The molecule has 0 unspecified atom stereocenters. The van der Waals surface area contributed by atoms with Crippen LogP contribution in [-0.2, 0) is 6.42 Å². The quantitative estimate of drug-likeness (QED) is 0.762. The third kappa shape index (κ3) is 3.63. The fraction of sp³-hybridized carbons (Fsp3) is 0.462. The second-order valence-electron chi connectivity index (χ2n) is 4.55. The number of aryl methyl sites for hydroxylation is 1. The van der Waals surface area contributed by atoms with E-state index in [0.717, 1.165) is 36.6 Å². The monoisotopic (exact) mass is 245 g/mol. The lowest BCUT2D eigenvalue weighted by molar-refractivity contribution is 0.567. The molecule has 0 amide bonds. The number of hydrogen-bond donors (Lipinski definition) is 2. The van der Waals surface area contributed by atoms with Crippen LogP contribution >= 0.6 is 0 Å². The Balaban J connectivity index is 1.87. The maximum atomic E-state index is 4.36. The van der Waals surface area contributed by atoms with E-state index in [4.69, 9.17) is 0 Å². The Bertz CT molecular complexity index is 463. The van der Waals surface area contributed by atoms with E-state index in [2.05, 4.69) is 39.1 Å². The van der Waals surface area contributed by atoms with Gasteiger partial charge in [-0.1, -0.05) is 13.8 Å². The van der Waals surface area contributed by atoms with Crippen molar-refractivity contribution in [2.45, 2.75) is 32.7 Å². The molecule has 0 atom stereocenters. The average molecular weight is 245 g/mol. The summed E-state index contributed by atoms with van der Waals surface area (Å²) >= 11 is 0. The molecule has 0 fully saturated rings. The summed E-state index contributed by atoms with van der Waals surface area (Å²) in [6, 6.07) is 0.539. The van der Waals surface area contributed by atoms with Crippen LogP contribution in [0.2, 0.25) is 0 Å². The highest BCUT2D eigenvalue weighted by Gasteiger charge is 2.04. The van der Waals surface area contributed by atoms with E-state index in [-0.39, 0.29) is 0 Å². The van der Waals surface area contributed by atoms with Crippen LogP contribution in [0.4, 0.5) is 0 Å². The van der Waals surface area contributed by atoms with Gasteiger partial charge >= 0.3 is 0 Å². The zero-order chi connectivity index (χ0) is 12.8. The number of H-pyrrole nitrogens is 1. The summed E-state index contributed by atoms with van der Waals surface area (Å²) in [5.41, 5.74) is 1.76. The van der Waals surface area contributed by atoms with E-state index in [0.29, 0.717) is 6.04 Å². The first-order valence-electron chi connectivity index (χ1n) is 6.29. The predicted octanol–water partition coefficient (Wildman–Crippen LogP) is 1.80. The van der Waals surface area contributed by atoms with E-state index in [1.165, 1.54) is 0 Å². The number of aromatic amines is 1. The number of nitrogens with zero attached hydrogens (tertiary/aromatic N) is 3. The fourth-order valence-electron chi connectivity index (χ4n) is 1.70. The standard InChI is InChI=1S/C13H19N5/c1-10(2)15-5-3-4-13-17-9-12(18-13)11-8-14-6-7-16-11/h6-10,15H,3-5H2,1-2H3,(H,17,18). The van der Waals surface area contributed by atoms with Gasteiger partial charge in [-0.2, -0.15) is 0 Å². The molecule has 0 spiro atoms. The van der Waals surface area contributed by atoms with Gasteiger partial charge in [-0.25, -0.2) is 4.98 Å². The summed E-state index contributed by atoms with van der Waals surface area (Å²) in [7, 11) is 0. The number of aromatic nitrogens is 4. The van der Waals surface area contributed by atoms with E-state index >= 15 is 0 Å². The Morgan fingerprint density at radius 3 is 2.83 bits per heavy atom. The molecule has 2 aromatic heterocycles. The van der Waals surface area contributed by atoms with E-state index in [1.54, 1.807) is 18.6 Å². The summed E-state index contributed by atoms with van der Waals surface area (Å²) in [5, 5.41) is 3.39. The zero-order valence-corrected chi connectivity index (χ0v) is 10.8. The van der Waals surface area contributed by atoms with Crippen molar-refractivity contribution >= 4 is 0 Å². The van der Waals surface area contributed by atoms with Crippen LogP contribution in [0, 0.1) is 0 Å². The first kappa shape index (κ1) is 12.7. The second-order valence-corrected chi connectivity index (χ2v) is 4.55. The first-order valence-corrected chi connectivity index (χ1v) is 6.29. The van der Waals surface area contributed by atoms with Gasteiger partial charge in [0.1, 0.15) is 11.5 Å². The van der Waals surface area contributed by atoms with Gasteiger partial charge in [-0.15, -0.1) is 0 Å². The molecular formula is C13H19N5. The molecule has 0 aromatic carbocycles. The van der Waals surface area contributed by atoms with Gasteiger partial charge in [0.15, 0.2) is 0 Å². The van der Waals surface area contributed by atoms with E-state index < -0.39 is 0 Å². The van der Waals surface area contributed by atoms with E-state index in [9.17, 15) is 0 Å². The number of imidazole rings is 1. The Kier molecular flexibility index (Phi) is 4.41. The van der Waals surface area contributed by atoms with Crippen molar-refractivity contribution in [2.75, 3.05) is 6.54 Å². The molecule has 5 nitrogen and oxygen atoms in total. The summed E-state index contributed by atoms with van der Waals surface area (Å²) in [4.78, 5) is 15.9. The Labute approximate surface area is 107 Å². The number of rotatable bonds is 6. The summed E-state index contributed by atoms with van der Waals surface area (Å²) in [5.74, 6) is 1.00. The molecule has 0 aliphatic heterocycles. The van der Waals surface area contributed by atoms with Crippen LogP contribution < -0.4 is 5.32 Å². The molecule has 2 N–H and O–H groups in total. The third-order valence-electron chi connectivity index (χ3n) is 2.61. The minimum Gasteiger partial charge on any atom is -0.341 e. The van der Waals surface area contributed by atoms with Crippen molar-refractivity contribution in [3.63, 3.8) is 0 Å². The lowest BCUT2D eigenvalue weighted by Gasteiger charge is -2.06. The SMILES string of the molecule is CC(C)NCCCc1ncc(-c2cnccn2)[nH]1. The smallest absolute Gasteiger partial charge is 0.106 e. The highest BCUT2D eigenvalue weighted by atomic mass is 14.9. The molecular weight excluding hydrogens is 226 g/mol. The van der Waals surface area contributed by atoms with Gasteiger partial charge in [0.05, 0.1) is 18.1 Å². The van der Waals surface area contributed by atoms with Crippen LogP contribution in [0.1, 0.15) is 26.1 Å². The maximum Gasteiger partial charge on any atom is 0.106 e. The van der Waals surface area contributed by atoms with Crippen molar-refractivity contribution in [1.82, 2.24) is 25.3 Å². The summed E-state index contributed by atoms with van der Waals surface area (Å²) in [6.45, 7) is 5.32. The summed E-state index contributed by atoms with van der Waals surface area (Å²) in [6.07, 6.45) is 8.92. The Hall–Kier alpha value is -1.75. The lowest BCUT2D eigenvalue weighted by atomic mass is 10.3. The fourth-order valence-corrected chi connectivity index (χ4v) is 1.70. The third-order valence-corrected chi connectivity index (χ3v) is 2.61. The molecule has 0 saturated heterocycles. The van der Waals surface area contributed by atoms with Crippen molar-refractivity contribution in [1.29, 1.82) is 0 Å². The van der Waals surface area contributed by atoms with Crippen LogP contribution in [0.15, 0.2) is 24.8 Å². The molecule has 5 heteroatoms. The van der Waals surface area contributed by atoms with Gasteiger partial charge in [-0.05, 0) is 13.0 Å². The van der Waals surface area contributed by atoms with Gasteiger partial charge < -0.3 is 10.3 Å². The molecule has 18 heavy (non-hydrogen) atoms. The molecule has 0 aliphatic rings. The van der Waals surface area contributed by atoms with Crippen LogP contribution in [0.25, 0.3) is 11.4 Å².